The highest BCUT2D eigenvalue weighted by Gasteiger charge is 2.27. The molecule has 4 nitrogen and oxygen atoms in total. The Labute approximate surface area is 95.7 Å². The molecule has 1 aromatic rings. The lowest BCUT2D eigenvalue weighted by Crippen LogP contribution is -2.37. The van der Waals surface area contributed by atoms with Crippen LogP contribution in [0.1, 0.15) is 43.5 Å². The number of carbonyl (C=O) groups excluding carboxylic acids is 1. The van der Waals surface area contributed by atoms with E-state index in [9.17, 15) is 4.79 Å². The van der Waals surface area contributed by atoms with Crippen LogP contribution in [0.5, 0.6) is 0 Å². The van der Waals surface area contributed by atoms with E-state index in [2.05, 4.69) is 9.97 Å². The van der Waals surface area contributed by atoms with E-state index in [1.165, 1.54) is 0 Å². The summed E-state index contributed by atoms with van der Waals surface area (Å²) in [4.78, 5) is 21.8. The van der Waals surface area contributed by atoms with Crippen molar-refractivity contribution in [3.8, 4) is 0 Å². The monoisotopic (exact) mass is 219 g/mol. The molecule has 0 aromatic carbocycles. The minimum atomic E-state index is 0.141. The standard InChI is InChI=1S/C12H17N3O/c1-9-7-13-8-14-12(9)11-5-3-4-6-15(11)10(2)16/h7-8,11H,3-6H2,1-2H3/t11-/m0/s1. The fraction of sp³-hybridized carbons (Fsp3) is 0.583. The Hall–Kier alpha value is -1.45. The predicted molar refractivity (Wildman–Crippen MR) is 60.7 cm³/mol. The van der Waals surface area contributed by atoms with Crippen LogP contribution >= 0.6 is 0 Å². The number of hydrogen-bond donors (Lipinski definition) is 0. The summed E-state index contributed by atoms with van der Waals surface area (Å²) < 4.78 is 0. The molecule has 1 aliphatic heterocycles. The van der Waals surface area contributed by atoms with Gasteiger partial charge in [-0.25, -0.2) is 9.97 Å². The number of hydrogen-bond acceptors (Lipinski definition) is 3. The number of carbonyl (C=O) groups is 1. The van der Waals surface area contributed by atoms with Crippen LogP contribution in [-0.2, 0) is 4.79 Å². The summed E-state index contributed by atoms with van der Waals surface area (Å²) in [5.41, 5.74) is 2.07. The molecule has 0 N–H and O–H groups in total. The normalized spacial score (nSPS) is 20.9. The molecule has 0 spiro atoms. The molecule has 0 unspecified atom stereocenters. The van der Waals surface area contributed by atoms with Crippen molar-refractivity contribution in [1.29, 1.82) is 0 Å². The SMILES string of the molecule is CC(=O)N1CCCC[C@H]1c1ncncc1C. The highest BCUT2D eigenvalue weighted by atomic mass is 16.2. The van der Waals surface area contributed by atoms with Crippen LogP contribution < -0.4 is 0 Å². The molecule has 1 saturated heterocycles. The molecule has 4 heteroatoms. The Bertz CT molecular complexity index is 392. The van der Waals surface area contributed by atoms with Crippen molar-refractivity contribution in [3.05, 3.63) is 23.8 Å². The van der Waals surface area contributed by atoms with Gasteiger partial charge < -0.3 is 4.90 Å². The molecular formula is C12H17N3O. The molecule has 0 aliphatic carbocycles. The van der Waals surface area contributed by atoms with Gasteiger partial charge in [0.2, 0.25) is 5.91 Å². The number of nitrogens with zero attached hydrogens (tertiary/aromatic N) is 3. The van der Waals surface area contributed by atoms with Gasteiger partial charge in [0.05, 0.1) is 11.7 Å². The summed E-state index contributed by atoms with van der Waals surface area (Å²) in [5.74, 6) is 0.141. The van der Waals surface area contributed by atoms with Gasteiger partial charge in [-0.1, -0.05) is 0 Å². The maximum Gasteiger partial charge on any atom is 0.220 e. The number of piperidine rings is 1. The van der Waals surface area contributed by atoms with Gasteiger partial charge in [0.1, 0.15) is 6.33 Å². The van der Waals surface area contributed by atoms with E-state index in [1.807, 2.05) is 18.0 Å². The summed E-state index contributed by atoms with van der Waals surface area (Å²) in [7, 11) is 0. The lowest BCUT2D eigenvalue weighted by molar-refractivity contribution is -0.132. The molecule has 1 amide bonds. The smallest absolute Gasteiger partial charge is 0.220 e. The molecule has 2 rings (SSSR count). The number of rotatable bonds is 1. The predicted octanol–water partition coefficient (Wildman–Crippen LogP) is 1.86. The van der Waals surface area contributed by atoms with Crippen LogP contribution in [0.15, 0.2) is 12.5 Å². The first kappa shape index (κ1) is 11.0. The molecule has 1 aliphatic rings. The fourth-order valence-corrected chi connectivity index (χ4v) is 2.35. The van der Waals surface area contributed by atoms with E-state index in [-0.39, 0.29) is 11.9 Å². The van der Waals surface area contributed by atoms with Crippen LogP contribution in [0.25, 0.3) is 0 Å². The zero-order chi connectivity index (χ0) is 11.5. The van der Waals surface area contributed by atoms with Crippen LogP contribution in [0, 0.1) is 6.92 Å². The van der Waals surface area contributed by atoms with Gasteiger partial charge >= 0.3 is 0 Å². The van der Waals surface area contributed by atoms with Gasteiger partial charge in [-0.2, -0.15) is 0 Å². The minimum Gasteiger partial charge on any atom is -0.334 e. The van der Waals surface area contributed by atoms with Crippen LogP contribution in [0.2, 0.25) is 0 Å². The van der Waals surface area contributed by atoms with Crippen molar-refractivity contribution >= 4 is 5.91 Å². The number of aryl methyl sites for hydroxylation is 1. The van der Waals surface area contributed by atoms with Crippen LogP contribution in [-0.4, -0.2) is 27.3 Å². The third kappa shape index (κ3) is 2.05. The van der Waals surface area contributed by atoms with Crippen LogP contribution in [0.4, 0.5) is 0 Å². The van der Waals surface area contributed by atoms with E-state index < -0.39 is 0 Å². The molecule has 1 aromatic heterocycles. The highest BCUT2D eigenvalue weighted by molar-refractivity contribution is 5.73. The van der Waals surface area contributed by atoms with Crippen molar-refractivity contribution in [3.63, 3.8) is 0 Å². The molecule has 0 saturated carbocycles. The van der Waals surface area contributed by atoms with E-state index in [0.29, 0.717) is 0 Å². The Morgan fingerprint density at radius 1 is 1.50 bits per heavy atom. The second-order valence-electron chi connectivity index (χ2n) is 4.31. The Balaban J connectivity index is 2.30. The molecular weight excluding hydrogens is 202 g/mol. The average Bonchev–Trinajstić information content (AvgIpc) is 2.29. The summed E-state index contributed by atoms with van der Waals surface area (Å²) in [5, 5.41) is 0. The number of likely N-dealkylation sites (tertiary alicyclic amines) is 1. The van der Waals surface area contributed by atoms with Crippen molar-refractivity contribution in [2.75, 3.05) is 6.54 Å². The van der Waals surface area contributed by atoms with E-state index in [0.717, 1.165) is 37.1 Å². The maximum absolute atomic E-state index is 11.6. The maximum atomic E-state index is 11.6. The topological polar surface area (TPSA) is 46.1 Å². The van der Waals surface area contributed by atoms with Gasteiger partial charge in [-0.15, -0.1) is 0 Å². The van der Waals surface area contributed by atoms with E-state index in [4.69, 9.17) is 0 Å². The van der Waals surface area contributed by atoms with Gasteiger partial charge in [-0.3, -0.25) is 4.79 Å². The first-order valence-electron chi connectivity index (χ1n) is 5.74. The van der Waals surface area contributed by atoms with Crippen molar-refractivity contribution in [1.82, 2.24) is 14.9 Å². The largest absolute Gasteiger partial charge is 0.334 e. The molecule has 16 heavy (non-hydrogen) atoms. The zero-order valence-corrected chi connectivity index (χ0v) is 9.81. The summed E-state index contributed by atoms with van der Waals surface area (Å²) in [6, 6.07) is 0.147. The summed E-state index contributed by atoms with van der Waals surface area (Å²) >= 11 is 0. The van der Waals surface area contributed by atoms with Gasteiger partial charge in [0.25, 0.3) is 0 Å². The third-order valence-electron chi connectivity index (χ3n) is 3.16. The van der Waals surface area contributed by atoms with Gasteiger partial charge in [0, 0.05) is 19.7 Å². The number of amides is 1. The first-order chi connectivity index (χ1) is 7.70. The Kier molecular flexibility index (Phi) is 3.17. The first-order valence-corrected chi connectivity index (χ1v) is 5.74. The fourth-order valence-electron chi connectivity index (χ4n) is 2.35. The quantitative estimate of drug-likeness (QED) is 0.724. The Morgan fingerprint density at radius 2 is 2.31 bits per heavy atom. The molecule has 0 bridgehead atoms. The Morgan fingerprint density at radius 3 is 3.00 bits per heavy atom. The summed E-state index contributed by atoms with van der Waals surface area (Å²) in [6.45, 7) is 4.49. The highest BCUT2D eigenvalue weighted by Crippen LogP contribution is 2.30. The lowest BCUT2D eigenvalue weighted by Gasteiger charge is -2.35. The molecule has 1 fully saturated rings. The van der Waals surface area contributed by atoms with Crippen molar-refractivity contribution in [2.45, 2.75) is 39.2 Å². The lowest BCUT2D eigenvalue weighted by atomic mass is 9.97. The van der Waals surface area contributed by atoms with Crippen molar-refractivity contribution in [2.24, 2.45) is 0 Å². The summed E-state index contributed by atoms with van der Waals surface area (Å²) in [6.07, 6.45) is 6.65. The number of aromatic nitrogens is 2. The molecule has 0 radical (unpaired) electrons. The zero-order valence-electron chi connectivity index (χ0n) is 9.81. The van der Waals surface area contributed by atoms with Crippen molar-refractivity contribution < 1.29 is 4.79 Å². The van der Waals surface area contributed by atoms with E-state index >= 15 is 0 Å². The second-order valence-corrected chi connectivity index (χ2v) is 4.31. The van der Waals surface area contributed by atoms with Crippen LogP contribution in [0.3, 0.4) is 0 Å². The average molecular weight is 219 g/mol. The van der Waals surface area contributed by atoms with Gasteiger partial charge in [0.15, 0.2) is 0 Å². The molecule has 2 heterocycles. The molecule has 86 valence electrons. The molecule has 1 atom stereocenters. The van der Waals surface area contributed by atoms with E-state index in [1.54, 1.807) is 13.3 Å². The third-order valence-corrected chi connectivity index (χ3v) is 3.16. The van der Waals surface area contributed by atoms with Gasteiger partial charge in [-0.05, 0) is 31.7 Å². The second kappa shape index (κ2) is 4.60. The minimum absolute atomic E-state index is 0.141.